The van der Waals surface area contributed by atoms with Crippen molar-refractivity contribution in [3.8, 4) is 11.3 Å². The summed E-state index contributed by atoms with van der Waals surface area (Å²) in [6.45, 7) is 3.66. The van der Waals surface area contributed by atoms with Crippen LogP contribution >= 0.6 is 0 Å². The summed E-state index contributed by atoms with van der Waals surface area (Å²) in [5.41, 5.74) is 2.68. The van der Waals surface area contributed by atoms with Crippen LogP contribution < -0.4 is 5.32 Å². The van der Waals surface area contributed by atoms with Gasteiger partial charge in [0.25, 0.3) is 11.6 Å². The maximum Gasteiger partial charge on any atom is 0.289 e. The first-order chi connectivity index (χ1) is 16.1. The van der Waals surface area contributed by atoms with Gasteiger partial charge in [0, 0.05) is 30.4 Å². The number of carbonyl (C=O) groups is 1. The van der Waals surface area contributed by atoms with Gasteiger partial charge in [-0.05, 0) is 68.6 Å². The van der Waals surface area contributed by atoms with E-state index in [1.807, 2.05) is 0 Å². The fourth-order valence-electron chi connectivity index (χ4n) is 4.18. The smallest absolute Gasteiger partial charge is 0.289 e. The van der Waals surface area contributed by atoms with E-state index in [4.69, 9.17) is 0 Å². The molecule has 2 heterocycles. The monoisotopic (exact) mass is 445 g/mol. The standard InChI is InChI=1S/C25H27N5O3/c31-25(24-26-15-11-23(28-24)21-7-9-22(10-8-21)30(32)33)27-14-4-16-29-17-12-20(13-18-29)19-5-2-1-3-6-19/h1-3,5-11,15,20H,4,12-14,16-18H2,(H,27,31). The van der Waals surface area contributed by atoms with Crippen LogP contribution in [0.25, 0.3) is 11.3 Å². The molecule has 1 amide bonds. The second-order valence-corrected chi connectivity index (χ2v) is 8.21. The number of nitro benzene ring substituents is 1. The van der Waals surface area contributed by atoms with Crippen molar-refractivity contribution in [2.24, 2.45) is 0 Å². The molecule has 3 aromatic rings. The number of nitrogens with one attached hydrogen (secondary N) is 1. The number of piperidine rings is 1. The van der Waals surface area contributed by atoms with Crippen LogP contribution in [0.5, 0.6) is 0 Å². The molecule has 1 aliphatic heterocycles. The van der Waals surface area contributed by atoms with Gasteiger partial charge in [0.05, 0.1) is 10.6 Å². The minimum absolute atomic E-state index is 0.00932. The number of non-ortho nitro benzene ring substituents is 1. The second kappa shape index (κ2) is 10.8. The van der Waals surface area contributed by atoms with Crippen molar-refractivity contribution in [3.63, 3.8) is 0 Å². The second-order valence-electron chi connectivity index (χ2n) is 8.21. The maximum atomic E-state index is 12.5. The van der Waals surface area contributed by atoms with E-state index < -0.39 is 4.92 Å². The topological polar surface area (TPSA) is 101 Å². The van der Waals surface area contributed by atoms with Crippen LogP contribution in [0.1, 0.15) is 41.4 Å². The number of likely N-dealkylation sites (tertiary alicyclic amines) is 1. The summed E-state index contributed by atoms with van der Waals surface area (Å²) in [5.74, 6) is 0.415. The Balaban J connectivity index is 1.22. The van der Waals surface area contributed by atoms with Gasteiger partial charge in [-0.1, -0.05) is 30.3 Å². The molecule has 8 heteroatoms. The van der Waals surface area contributed by atoms with Crippen molar-refractivity contribution in [2.45, 2.75) is 25.2 Å². The minimum atomic E-state index is -0.450. The fraction of sp³-hybridized carbons (Fsp3) is 0.320. The molecule has 33 heavy (non-hydrogen) atoms. The summed E-state index contributed by atoms with van der Waals surface area (Å²) < 4.78 is 0. The normalized spacial score (nSPS) is 14.7. The number of benzene rings is 2. The average molecular weight is 446 g/mol. The van der Waals surface area contributed by atoms with Crippen LogP contribution in [0.2, 0.25) is 0 Å². The molecule has 2 aromatic carbocycles. The summed E-state index contributed by atoms with van der Waals surface area (Å²) in [6, 6.07) is 18.4. The van der Waals surface area contributed by atoms with Gasteiger partial charge in [-0.15, -0.1) is 0 Å². The number of hydrogen-bond acceptors (Lipinski definition) is 6. The third-order valence-electron chi connectivity index (χ3n) is 6.03. The Kier molecular flexibility index (Phi) is 7.36. The van der Waals surface area contributed by atoms with E-state index in [1.165, 1.54) is 36.7 Å². The number of nitro groups is 1. The summed E-state index contributed by atoms with van der Waals surface area (Å²) >= 11 is 0. The molecule has 0 spiro atoms. The molecule has 4 rings (SSSR count). The van der Waals surface area contributed by atoms with Gasteiger partial charge in [-0.2, -0.15) is 0 Å². The van der Waals surface area contributed by atoms with Gasteiger partial charge < -0.3 is 10.2 Å². The van der Waals surface area contributed by atoms with E-state index in [-0.39, 0.29) is 17.4 Å². The van der Waals surface area contributed by atoms with E-state index >= 15 is 0 Å². The highest BCUT2D eigenvalue weighted by Crippen LogP contribution is 2.27. The molecule has 1 aliphatic rings. The average Bonchev–Trinajstić information content (AvgIpc) is 2.87. The third kappa shape index (κ3) is 5.98. The van der Waals surface area contributed by atoms with Crippen molar-refractivity contribution < 1.29 is 9.72 Å². The lowest BCUT2D eigenvalue weighted by Gasteiger charge is -2.32. The number of carbonyl (C=O) groups excluding carboxylic acids is 1. The molecule has 1 aromatic heterocycles. The number of amides is 1. The van der Waals surface area contributed by atoms with E-state index in [2.05, 4.69) is 50.5 Å². The first-order valence-electron chi connectivity index (χ1n) is 11.2. The molecule has 0 atom stereocenters. The molecule has 0 aliphatic carbocycles. The highest BCUT2D eigenvalue weighted by Gasteiger charge is 2.20. The van der Waals surface area contributed by atoms with Crippen LogP contribution in [-0.4, -0.2) is 51.9 Å². The SMILES string of the molecule is O=C(NCCCN1CCC(c2ccccc2)CC1)c1nccc(-c2ccc([N+](=O)[O-])cc2)n1. The van der Waals surface area contributed by atoms with Gasteiger partial charge in [0.1, 0.15) is 0 Å². The molecule has 0 radical (unpaired) electrons. The lowest BCUT2D eigenvalue weighted by atomic mass is 9.89. The maximum absolute atomic E-state index is 12.5. The quantitative estimate of drug-likeness (QED) is 0.319. The molecule has 0 saturated carbocycles. The lowest BCUT2D eigenvalue weighted by Crippen LogP contribution is -2.35. The van der Waals surface area contributed by atoms with Crippen molar-refractivity contribution in [2.75, 3.05) is 26.2 Å². The molecule has 170 valence electrons. The molecule has 1 N–H and O–H groups in total. The van der Waals surface area contributed by atoms with Crippen LogP contribution in [0.3, 0.4) is 0 Å². The Morgan fingerprint density at radius 2 is 1.79 bits per heavy atom. The molecule has 1 saturated heterocycles. The molecular weight excluding hydrogens is 418 g/mol. The van der Waals surface area contributed by atoms with E-state index in [9.17, 15) is 14.9 Å². The van der Waals surface area contributed by atoms with Gasteiger partial charge in [-0.25, -0.2) is 9.97 Å². The highest BCUT2D eigenvalue weighted by atomic mass is 16.6. The van der Waals surface area contributed by atoms with Crippen LogP contribution in [0.4, 0.5) is 5.69 Å². The fourth-order valence-corrected chi connectivity index (χ4v) is 4.18. The minimum Gasteiger partial charge on any atom is -0.349 e. The Hall–Kier alpha value is -3.65. The van der Waals surface area contributed by atoms with E-state index in [1.54, 1.807) is 18.2 Å². The molecule has 0 unspecified atom stereocenters. The van der Waals surface area contributed by atoms with Crippen molar-refractivity contribution in [1.82, 2.24) is 20.2 Å². The Morgan fingerprint density at radius 1 is 1.06 bits per heavy atom. The summed E-state index contributed by atoms with van der Waals surface area (Å²) in [7, 11) is 0. The van der Waals surface area contributed by atoms with Gasteiger partial charge >= 0.3 is 0 Å². The van der Waals surface area contributed by atoms with Crippen LogP contribution in [0.15, 0.2) is 66.9 Å². The summed E-state index contributed by atoms with van der Waals surface area (Å²) in [5, 5.41) is 13.7. The zero-order chi connectivity index (χ0) is 23.0. The van der Waals surface area contributed by atoms with Gasteiger partial charge in [-0.3, -0.25) is 14.9 Å². The van der Waals surface area contributed by atoms with Crippen molar-refractivity contribution >= 4 is 11.6 Å². The van der Waals surface area contributed by atoms with Gasteiger partial charge in [0.2, 0.25) is 5.82 Å². The zero-order valence-corrected chi connectivity index (χ0v) is 18.4. The van der Waals surface area contributed by atoms with E-state index in [0.29, 0.717) is 23.7 Å². The Bertz CT molecular complexity index is 1080. The predicted octanol–water partition coefficient (Wildman–Crippen LogP) is 4.05. The zero-order valence-electron chi connectivity index (χ0n) is 18.4. The summed E-state index contributed by atoms with van der Waals surface area (Å²) in [6.07, 6.45) is 4.72. The van der Waals surface area contributed by atoms with Gasteiger partial charge in [0.15, 0.2) is 0 Å². The highest BCUT2D eigenvalue weighted by molar-refractivity contribution is 5.90. The van der Waals surface area contributed by atoms with Crippen LogP contribution in [-0.2, 0) is 0 Å². The first kappa shape index (κ1) is 22.5. The Labute approximate surface area is 192 Å². The van der Waals surface area contributed by atoms with Crippen molar-refractivity contribution in [1.29, 1.82) is 0 Å². The number of rotatable bonds is 8. The number of nitrogens with zero attached hydrogens (tertiary/aromatic N) is 4. The first-order valence-corrected chi connectivity index (χ1v) is 11.2. The summed E-state index contributed by atoms with van der Waals surface area (Å²) in [4.78, 5) is 33.7. The Morgan fingerprint density at radius 3 is 2.48 bits per heavy atom. The van der Waals surface area contributed by atoms with Crippen LogP contribution in [0, 0.1) is 10.1 Å². The molecule has 1 fully saturated rings. The lowest BCUT2D eigenvalue weighted by molar-refractivity contribution is -0.384. The number of aromatic nitrogens is 2. The van der Waals surface area contributed by atoms with E-state index in [0.717, 1.165) is 26.1 Å². The predicted molar refractivity (Wildman–Crippen MR) is 126 cm³/mol. The molecule has 8 nitrogen and oxygen atoms in total. The third-order valence-corrected chi connectivity index (χ3v) is 6.03. The molecule has 0 bridgehead atoms. The largest absolute Gasteiger partial charge is 0.349 e. The molecular formula is C25H27N5O3. The van der Waals surface area contributed by atoms with Crippen molar-refractivity contribution in [3.05, 3.63) is 88.4 Å². The number of hydrogen-bond donors (Lipinski definition) is 1.